The van der Waals surface area contributed by atoms with Gasteiger partial charge in [-0.3, -0.25) is 9.59 Å². The number of aryl methyl sites for hydroxylation is 1. The number of carbonyl (C=O) groups is 2. The van der Waals surface area contributed by atoms with E-state index < -0.39 is 0 Å². The summed E-state index contributed by atoms with van der Waals surface area (Å²) in [7, 11) is 0. The molecule has 2 aromatic rings. The first-order valence-electron chi connectivity index (χ1n) is 7.31. The van der Waals surface area contributed by atoms with Crippen LogP contribution in [0.5, 0.6) is 0 Å². The van der Waals surface area contributed by atoms with Gasteiger partial charge in [0.2, 0.25) is 11.8 Å². The summed E-state index contributed by atoms with van der Waals surface area (Å²) in [4.78, 5) is 23.7. The van der Waals surface area contributed by atoms with Crippen molar-refractivity contribution < 1.29 is 14.0 Å². The van der Waals surface area contributed by atoms with E-state index in [0.717, 1.165) is 11.3 Å². The molecule has 1 aromatic heterocycles. The molecule has 23 heavy (non-hydrogen) atoms. The number of hydrogen-bond donors (Lipinski definition) is 2. The van der Waals surface area contributed by atoms with Crippen LogP contribution in [0.1, 0.15) is 24.3 Å². The van der Waals surface area contributed by atoms with Gasteiger partial charge < -0.3 is 15.1 Å². The van der Waals surface area contributed by atoms with Crippen molar-refractivity contribution in [2.45, 2.75) is 19.9 Å². The number of rotatable bonds is 7. The van der Waals surface area contributed by atoms with E-state index in [-0.39, 0.29) is 29.4 Å². The summed E-state index contributed by atoms with van der Waals surface area (Å²) in [5, 5.41) is 5.64. The van der Waals surface area contributed by atoms with E-state index in [1.165, 1.54) is 11.8 Å². The van der Waals surface area contributed by atoms with Gasteiger partial charge in [0.25, 0.3) is 0 Å². The van der Waals surface area contributed by atoms with Crippen LogP contribution in [-0.2, 0) is 9.59 Å². The van der Waals surface area contributed by atoms with E-state index in [1.54, 1.807) is 12.3 Å². The van der Waals surface area contributed by atoms with Crippen molar-refractivity contribution in [3.8, 4) is 0 Å². The number of furan rings is 1. The zero-order chi connectivity index (χ0) is 16.7. The molecule has 0 spiro atoms. The van der Waals surface area contributed by atoms with E-state index in [2.05, 4.69) is 10.6 Å². The summed E-state index contributed by atoms with van der Waals surface area (Å²) in [5.74, 6) is 0.929. The summed E-state index contributed by atoms with van der Waals surface area (Å²) in [6.45, 7) is 3.82. The van der Waals surface area contributed by atoms with Gasteiger partial charge in [0.05, 0.1) is 23.8 Å². The molecule has 2 N–H and O–H groups in total. The van der Waals surface area contributed by atoms with E-state index in [9.17, 15) is 9.59 Å². The van der Waals surface area contributed by atoms with Gasteiger partial charge in [-0.05, 0) is 43.7 Å². The van der Waals surface area contributed by atoms with Gasteiger partial charge in [0.15, 0.2) is 0 Å². The maximum absolute atomic E-state index is 11.8. The molecule has 0 aliphatic heterocycles. The van der Waals surface area contributed by atoms with Gasteiger partial charge in [-0.1, -0.05) is 12.1 Å². The third-order valence-electron chi connectivity index (χ3n) is 3.12. The maximum atomic E-state index is 11.8. The number of amides is 2. The van der Waals surface area contributed by atoms with Gasteiger partial charge in [0.1, 0.15) is 5.76 Å². The third kappa shape index (κ3) is 5.83. The highest BCUT2D eigenvalue weighted by Crippen LogP contribution is 2.13. The molecular weight excluding hydrogens is 312 g/mol. The van der Waals surface area contributed by atoms with Crippen LogP contribution in [0.15, 0.2) is 47.1 Å². The van der Waals surface area contributed by atoms with Crippen LogP contribution in [0.25, 0.3) is 0 Å². The van der Waals surface area contributed by atoms with Crippen LogP contribution in [0.2, 0.25) is 0 Å². The Labute approximate surface area is 139 Å². The van der Waals surface area contributed by atoms with Crippen LogP contribution in [0.4, 0.5) is 5.69 Å². The fourth-order valence-corrected chi connectivity index (χ4v) is 2.68. The maximum Gasteiger partial charge on any atom is 0.234 e. The van der Waals surface area contributed by atoms with Gasteiger partial charge >= 0.3 is 0 Å². The molecule has 0 aliphatic rings. The zero-order valence-electron chi connectivity index (χ0n) is 13.2. The zero-order valence-corrected chi connectivity index (χ0v) is 14.0. The first-order valence-corrected chi connectivity index (χ1v) is 8.47. The first-order chi connectivity index (χ1) is 11.0. The molecule has 0 saturated heterocycles. The Morgan fingerprint density at radius 2 is 1.96 bits per heavy atom. The van der Waals surface area contributed by atoms with E-state index >= 15 is 0 Å². The number of nitrogens with one attached hydrogen (secondary N) is 2. The van der Waals surface area contributed by atoms with E-state index in [1.807, 2.05) is 44.2 Å². The molecule has 6 heteroatoms. The second-order valence-corrected chi connectivity index (χ2v) is 6.20. The lowest BCUT2D eigenvalue weighted by Crippen LogP contribution is -2.28. The van der Waals surface area contributed by atoms with Crippen molar-refractivity contribution in [3.05, 3.63) is 54.0 Å². The fourth-order valence-electron chi connectivity index (χ4n) is 2.05. The predicted molar refractivity (Wildman–Crippen MR) is 92.4 cm³/mol. The molecule has 0 saturated carbocycles. The van der Waals surface area contributed by atoms with Crippen molar-refractivity contribution in [2.24, 2.45) is 0 Å². The summed E-state index contributed by atoms with van der Waals surface area (Å²) < 4.78 is 5.23. The quantitative estimate of drug-likeness (QED) is 0.817. The van der Waals surface area contributed by atoms with Crippen LogP contribution in [0, 0.1) is 6.92 Å². The predicted octanol–water partition coefficient (Wildman–Crippen LogP) is 3.14. The Morgan fingerprint density at radius 1 is 1.17 bits per heavy atom. The number of thioether (sulfide) groups is 1. The molecule has 122 valence electrons. The minimum atomic E-state index is -0.181. The van der Waals surface area contributed by atoms with Crippen molar-refractivity contribution in [1.29, 1.82) is 0 Å². The van der Waals surface area contributed by atoms with E-state index in [4.69, 9.17) is 4.42 Å². The van der Waals surface area contributed by atoms with Crippen LogP contribution < -0.4 is 10.6 Å². The lowest BCUT2D eigenvalue weighted by atomic mass is 10.2. The summed E-state index contributed by atoms with van der Waals surface area (Å²) >= 11 is 1.28. The van der Waals surface area contributed by atoms with Crippen LogP contribution in [-0.4, -0.2) is 23.3 Å². The van der Waals surface area contributed by atoms with Gasteiger partial charge in [-0.15, -0.1) is 11.8 Å². The average molecular weight is 332 g/mol. The first kappa shape index (κ1) is 17.1. The van der Waals surface area contributed by atoms with Crippen LogP contribution in [0.3, 0.4) is 0 Å². The Morgan fingerprint density at radius 3 is 2.65 bits per heavy atom. The van der Waals surface area contributed by atoms with Crippen LogP contribution >= 0.6 is 11.8 Å². The molecule has 2 rings (SSSR count). The highest BCUT2D eigenvalue weighted by Gasteiger charge is 2.12. The molecule has 0 unspecified atom stereocenters. The van der Waals surface area contributed by atoms with Gasteiger partial charge in [0, 0.05) is 5.69 Å². The topological polar surface area (TPSA) is 71.3 Å². The summed E-state index contributed by atoms with van der Waals surface area (Å²) in [6, 6.07) is 11.0. The monoisotopic (exact) mass is 332 g/mol. The number of benzene rings is 1. The Hall–Kier alpha value is -2.21. The minimum absolute atomic E-state index is 0.118. The van der Waals surface area contributed by atoms with Crippen molar-refractivity contribution in [3.63, 3.8) is 0 Å². The molecule has 0 fully saturated rings. The molecular formula is C17H20N2O3S. The molecule has 2 amide bonds. The Balaban J connectivity index is 1.68. The number of anilines is 1. The SMILES string of the molecule is Cc1cccc(NC(=O)CSCC(=O)N[C@@H](C)c2ccco2)c1. The van der Waals surface area contributed by atoms with Crippen molar-refractivity contribution >= 4 is 29.3 Å². The van der Waals surface area contributed by atoms with Crippen molar-refractivity contribution in [2.75, 3.05) is 16.8 Å². The fraction of sp³-hybridized carbons (Fsp3) is 0.294. The highest BCUT2D eigenvalue weighted by molar-refractivity contribution is 8.00. The third-order valence-corrected chi connectivity index (χ3v) is 4.05. The lowest BCUT2D eigenvalue weighted by Gasteiger charge is -2.11. The molecule has 1 heterocycles. The lowest BCUT2D eigenvalue weighted by molar-refractivity contribution is -0.119. The molecule has 0 bridgehead atoms. The minimum Gasteiger partial charge on any atom is -0.467 e. The number of carbonyl (C=O) groups excluding carboxylic acids is 2. The Kier molecular flexibility index (Phi) is 6.29. The van der Waals surface area contributed by atoms with Gasteiger partial charge in [-0.25, -0.2) is 0 Å². The Bertz CT molecular complexity index is 656. The average Bonchev–Trinajstić information content (AvgIpc) is 3.01. The summed E-state index contributed by atoms with van der Waals surface area (Å²) in [6.07, 6.45) is 1.57. The molecule has 0 radical (unpaired) electrons. The molecule has 0 aliphatic carbocycles. The molecule has 1 atom stereocenters. The van der Waals surface area contributed by atoms with Gasteiger partial charge in [-0.2, -0.15) is 0 Å². The largest absolute Gasteiger partial charge is 0.467 e. The highest BCUT2D eigenvalue weighted by atomic mass is 32.2. The summed E-state index contributed by atoms with van der Waals surface area (Å²) in [5.41, 5.74) is 1.85. The normalized spacial score (nSPS) is 11.7. The second-order valence-electron chi connectivity index (χ2n) is 5.22. The standard InChI is InChI=1S/C17H20N2O3S/c1-12-5-3-6-14(9-12)19-17(21)11-23-10-16(20)18-13(2)15-7-4-8-22-15/h3-9,13H,10-11H2,1-2H3,(H,18,20)(H,19,21)/t13-/m0/s1. The molecule has 5 nitrogen and oxygen atoms in total. The second kappa shape index (κ2) is 8.43. The van der Waals surface area contributed by atoms with E-state index in [0.29, 0.717) is 5.76 Å². The number of hydrogen-bond acceptors (Lipinski definition) is 4. The molecule has 1 aromatic carbocycles. The van der Waals surface area contributed by atoms with Crippen molar-refractivity contribution in [1.82, 2.24) is 5.32 Å². The smallest absolute Gasteiger partial charge is 0.234 e.